The number of pyridine rings is 1. The minimum atomic E-state index is -0.200. The lowest BCUT2D eigenvalue weighted by Crippen LogP contribution is -2.24. The van der Waals surface area contributed by atoms with Crippen LogP contribution < -0.4 is 10.3 Å². The number of fused-ring (bicyclic) bond motifs is 3. The summed E-state index contributed by atoms with van der Waals surface area (Å²) >= 11 is 1.32. The lowest BCUT2D eigenvalue weighted by Gasteiger charge is -2.14. The van der Waals surface area contributed by atoms with Crippen LogP contribution in [0.1, 0.15) is 11.3 Å². The van der Waals surface area contributed by atoms with Gasteiger partial charge >= 0.3 is 0 Å². The van der Waals surface area contributed by atoms with E-state index in [1.165, 1.54) is 15.9 Å². The van der Waals surface area contributed by atoms with Crippen LogP contribution in [-0.4, -0.2) is 40.5 Å². The molecule has 0 amide bonds. The molecule has 29 heavy (non-hydrogen) atoms. The van der Waals surface area contributed by atoms with E-state index < -0.39 is 0 Å². The monoisotopic (exact) mass is 411 g/mol. The second kappa shape index (κ2) is 7.90. The number of hydrogen-bond acceptors (Lipinski definition) is 7. The molecule has 7 nitrogen and oxygen atoms in total. The summed E-state index contributed by atoms with van der Waals surface area (Å²) in [6.45, 7) is 2.28. The molecule has 0 fully saturated rings. The highest BCUT2D eigenvalue weighted by atomic mass is 32.1. The molecular weight excluding hydrogens is 390 g/mol. The molecule has 0 unspecified atom stereocenters. The van der Waals surface area contributed by atoms with Gasteiger partial charge in [0.2, 0.25) is 0 Å². The molecule has 1 N–H and O–H groups in total. The zero-order valence-electron chi connectivity index (χ0n) is 16.4. The lowest BCUT2D eigenvalue weighted by molar-refractivity contribution is 0.186. The van der Waals surface area contributed by atoms with Crippen molar-refractivity contribution in [1.82, 2.24) is 14.5 Å². The molecule has 8 heteroatoms. The van der Waals surface area contributed by atoms with Crippen LogP contribution in [0.5, 0.6) is 5.75 Å². The minimum Gasteiger partial charge on any atom is -0.496 e. The molecule has 0 aliphatic rings. The van der Waals surface area contributed by atoms with Crippen molar-refractivity contribution in [3.63, 3.8) is 0 Å². The van der Waals surface area contributed by atoms with E-state index >= 15 is 0 Å². The summed E-state index contributed by atoms with van der Waals surface area (Å²) in [6, 6.07) is 9.36. The van der Waals surface area contributed by atoms with Crippen molar-refractivity contribution in [1.29, 1.82) is 0 Å². The van der Waals surface area contributed by atoms with Crippen molar-refractivity contribution >= 4 is 31.8 Å². The molecule has 0 radical (unpaired) electrons. The molecule has 0 atom stereocenters. The largest absolute Gasteiger partial charge is 0.496 e. The average Bonchev–Trinajstić information content (AvgIpc) is 3.09. The Morgan fingerprint density at radius 2 is 2.00 bits per heavy atom. The quantitative estimate of drug-likeness (QED) is 0.525. The summed E-state index contributed by atoms with van der Waals surface area (Å²) in [4.78, 5) is 23.6. The molecule has 3 aromatic heterocycles. The highest BCUT2D eigenvalue weighted by Gasteiger charge is 2.21. The van der Waals surface area contributed by atoms with Gasteiger partial charge in [0.1, 0.15) is 21.1 Å². The third-order valence-electron chi connectivity index (χ3n) is 4.73. The second-order valence-corrected chi connectivity index (χ2v) is 7.63. The Hall–Kier alpha value is -2.81. The Kier molecular flexibility index (Phi) is 5.31. The normalized spacial score (nSPS) is 11.4. The second-order valence-electron chi connectivity index (χ2n) is 6.63. The minimum absolute atomic E-state index is 0.140. The number of nitrogens with zero attached hydrogens (tertiary/aromatic N) is 3. The third kappa shape index (κ3) is 3.29. The van der Waals surface area contributed by atoms with Gasteiger partial charge < -0.3 is 14.6 Å². The van der Waals surface area contributed by atoms with Crippen LogP contribution in [0.3, 0.4) is 0 Å². The maximum atomic E-state index is 13.4. The first kappa shape index (κ1) is 19.5. The van der Waals surface area contributed by atoms with E-state index in [0.29, 0.717) is 34.0 Å². The third-order valence-corrected chi connectivity index (χ3v) is 5.79. The van der Waals surface area contributed by atoms with Gasteiger partial charge in [0.05, 0.1) is 37.9 Å². The standard InChI is InChI=1S/C21H21N3O4S/c1-12-10-13(11-27-2)16-17-18(29-20(16)22-12)21(26)24(8-9-25)19(23-17)14-6-4-5-7-15(14)28-3/h4-7,10,25H,8-9,11H2,1-3H3. The van der Waals surface area contributed by atoms with Gasteiger partial charge in [0.15, 0.2) is 0 Å². The van der Waals surface area contributed by atoms with Crippen molar-refractivity contribution in [3.8, 4) is 17.1 Å². The number of methoxy groups -OCH3 is 2. The highest BCUT2D eigenvalue weighted by Crippen LogP contribution is 2.35. The Labute approximate surface area is 171 Å². The smallest absolute Gasteiger partial charge is 0.271 e. The summed E-state index contributed by atoms with van der Waals surface area (Å²) in [7, 11) is 3.22. The molecule has 0 saturated carbocycles. The van der Waals surface area contributed by atoms with Crippen molar-refractivity contribution in [3.05, 3.63) is 51.9 Å². The van der Waals surface area contributed by atoms with Crippen molar-refractivity contribution in [2.24, 2.45) is 0 Å². The Balaban J connectivity index is 2.14. The lowest BCUT2D eigenvalue weighted by atomic mass is 10.1. The van der Waals surface area contributed by atoms with E-state index in [4.69, 9.17) is 14.5 Å². The van der Waals surface area contributed by atoms with E-state index in [-0.39, 0.29) is 18.7 Å². The molecule has 4 rings (SSSR count). The fraction of sp³-hybridized carbons (Fsp3) is 0.286. The first-order chi connectivity index (χ1) is 14.1. The molecule has 4 aromatic rings. The summed E-state index contributed by atoms with van der Waals surface area (Å²) in [5, 5.41) is 10.4. The van der Waals surface area contributed by atoms with E-state index in [2.05, 4.69) is 4.98 Å². The van der Waals surface area contributed by atoms with Gasteiger partial charge in [0.25, 0.3) is 5.56 Å². The number of hydrogen-bond donors (Lipinski definition) is 1. The van der Waals surface area contributed by atoms with Crippen molar-refractivity contribution in [2.45, 2.75) is 20.1 Å². The zero-order chi connectivity index (χ0) is 20.5. The van der Waals surface area contributed by atoms with E-state index in [9.17, 15) is 9.90 Å². The van der Waals surface area contributed by atoms with Gasteiger partial charge in [-0.1, -0.05) is 12.1 Å². The number of aromatic nitrogens is 3. The van der Waals surface area contributed by atoms with Gasteiger partial charge in [0, 0.05) is 18.2 Å². The van der Waals surface area contributed by atoms with Crippen molar-refractivity contribution in [2.75, 3.05) is 20.8 Å². The maximum Gasteiger partial charge on any atom is 0.271 e. The topological polar surface area (TPSA) is 86.5 Å². The van der Waals surface area contributed by atoms with Crippen LogP contribution >= 0.6 is 11.3 Å². The summed E-state index contributed by atoms with van der Waals surface area (Å²) in [5.41, 5.74) is 2.89. The predicted molar refractivity (Wildman–Crippen MR) is 114 cm³/mol. The van der Waals surface area contributed by atoms with Crippen LogP contribution in [0.15, 0.2) is 35.1 Å². The Morgan fingerprint density at radius 3 is 2.72 bits per heavy atom. The number of benzene rings is 1. The van der Waals surface area contributed by atoms with Gasteiger partial charge in [-0.05, 0) is 30.7 Å². The number of para-hydroxylation sites is 1. The zero-order valence-corrected chi connectivity index (χ0v) is 17.2. The molecule has 0 aliphatic carbocycles. The number of thiophene rings is 1. The molecule has 0 bridgehead atoms. The highest BCUT2D eigenvalue weighted by molar-refractivity contribution is 7.25. The summed E-state index contributed by atoms with van der Waals surface area (Å²) in [5.74, 6) is 1.06. The van der Waals surface area contributed by atoms with E-state index in [1.807, 2.05) is 37.3 Å². The average molecular weight is 411 g/mol. The first-order valence-electron chi connectivity index (χ1n) is 9.15. The van der Waals surface area contributed by atoms with Crippen LogP contribution in [0.2, 0.25) is 0 Å². The van der Waals surface area contributed by atoms with Crippen LogP contribution in [0.25, 0.3) is 31.8 Å². The number of rotatable bonds is 6. The molecule has 1 aromatic carbocycles. The van der Waals surface area contributed by atoms with Crippen LogP contribution in [0, 0.1) is 6.92 Å². The predicted octanol–water partition coefficient (Wildman–Crippen LogP) is 3.13. The first-order valence-corrected chi connectivity index (χ1v) is 9.97. The van der Waals surface area contributed by atoms with Gasteiger partial charge in [-0.15, -0.1) is 11.3 Å². The Bertz CT molecular complexity index is 1260. The van der Waals surface area contributed by atoms with Crippen LogP contribution in [0.4, 0.5) is 0 Å². The number of aryl methyl sites for hydroxylation is 1. The van der Waals surface area contributed by atoms with Crippen LogP contribution in [-0.2, 0) is 17.9 Å². The fourth-order valence-corrected chi connectivity index (χ4v) is 4.70. The number of ether oxygens (including phenoxy) is 2. The van der Waals surface area contributed by atoms with Crippen molar-refractivity contribution < 1.29 is 14.6 Å². The van der Waals surface area contributed by atoms with Gasteiger partial charge in [-0.2, -0.15) is 0 Å². The molecule has 0 aliphatic heterocycles. The number of aliphatic hydroxyl groups is 1. The van der Waals surface area contributed by atoms with Gasteiger partial charge in [-0.25, -0.2) is 9.97 Å². The van der Waals surface area contributed by atoms with E-state index in [0.717, 1.165) is 21.5 Å². The molecule has 0 saturated heterocycles. The SMILES string of the molecule is COCc1cc(C)nc2sc3c(=O)n(CCO)c(-c4ccccc4OC)nc3c12. The maximum absolute atomic E-state index is 13.4. The van der Waals surface area contributed by atoms with Gasteiger partial charge in [-0.3, -0.25) is 9.36 Å². The Morgan fingerprint density at radius 1 is 1.21 bits per heavy atom. The van der Waals surface area contributed by atoms with E-state index in [1.54, 1.807) is 14.2 Å². The molecular formula is C21H21N3O4S. The summed E-state index contributed by atoms with van der Waals surface area (Å²) in [6.07, 6.45) is 0. The molecule has 3 heterocycles. The number of aliphatic hydroxyl groups excluding tert-OH is 1. The summed E-state index contributed by atoms with van der Waals surface area (Å²) < 4.78 is 12.9. The molecule has 150 valence electrons. The molecule has 0 spiro atoms. The fourth-order valence-electron chi connectivity index (χ4n) is 3.54.